The number of carbonyl (C=O) groups excluding carboxylic acids is 2. The number of carbonyl (C=O) groups is 2. The summed E-state index contributed by atoms with van der Waals surface area (Å²) in [6.45, 7) is 1.36. The Balaban J connectivity index is 1.95. The van der Waals surface area contributed by atoms with Gasteiger partial charge in [0.15, 0.2) is 0 Å². The fraction of sp³-hybridized carbons (Fsp3) is 0.481. The molecule has 38 heavy (non-hydrogen) atoms. The first-order valence-electron chi connectivity index (χ1n) is 12.7. The van der Waals surface area contributed by atoms with Crippen LogP contribution in [0.5, 0.6) is 5.75 Å². The average Bonchev–Trinajstić information content (AvgIpc) is 3.40. The predicted molar refractivity (Wildman–Crippen MR) is 144 cm³/mol. The van der Waals surface area contributed by atoms with Crippen LogP contribution in [-0.4, -0.2) is 69.3 Å². The van der Waals surface area contributed by atoms with E-state index in [1.165, 1.54) is 31.1 Å². The van der Waals surface area contributed by atoms with Crippen molar-refractivity contribution >= 4 is 27.7 Å². The van der Waals surface area contributed by atoms with Crippen molar-refractivity contribution in [3.8, 4) is 5.75 Å². The first kappa shape index (κ1) is 29.4. The van der Waals surface area contributed by atoms with E-state index in [2.05, 4.69) is 5.32 Å². The molecule has 0 unspecified atom stereocenters. The Morgan fingerprint density at radius 1 is 1.05 bits per heavy atom. The van der Waals surface area contributed by atoms with Gasteiger partial charge in [0.1, 0.15) is 24.2 Å². The van der Waals surface area contributed by atoms with Gasteiger partial charge in [-0.2, -0.15) is 12.7 Å². The molecule has 0 spiro atoms. The standard InChI is InChI=1S/C27H37FN4O5S/c1-5-25(27(34)29-22-8-6-7-9-22)31(18-20-10-16-24(37-4)17-11-20)26(33)19-32(38(35,36)30(2)3)23-14-12-21(28)13-15-23/h10-17,22,25H,5-9,18-19H2,1-4H3,(H,29,34)/t25-/m0/s1. The average molecular weight is 549 g/mol. The number of nitrogens with one attached hydrogen (secondary N) is 1. The minimum atomic E-state index is -4.11. The van der Waals surface area contributed by atoms with Crippen LogP contribution < -0.4 is 14.4 Å². The van der Waals surface area contributed by atoms with Gasteiger partial charge >= 0.3 is 10.2 Å². The van der Waals surface area contributed by atoms with E-state index in [0.29, 0.717) is 12.2 Å². The SMILES string of the molecule is CC[C@@H](C(=O)NC1CCCC1)N(Cc1ccc(OC)cc1)C(=O)CN(c1ccc(F)cc1)S(=O)(=O)N(C)C. The smallest absolute Gasteiger partial charge is 0.304 e. The summed E-state index contributed by atoms with van der Waals surface area (Å²) < 4.78 is 47.1. The third-order valence-electron chi connectivity index (χ3n) is 6.73. The Kier molecular flexibility index (Phi) is 10.1. The van der Waals surface area contributed by atoms with E-state index in [9.17, 15) is 22.4 Å². The second-order valence-electron chi connectivity index (χ2n) is 9.56. The predicted octanol–water partition coefficient (Wildman–Crippen LogP) is 3.31. The quantitative estimate of drug-likeness (QED) is 0.439. The summed E-state index contributed by atoms with van der Waals surface area (Å²) in [5.41, 5.74) is 0.899. The summed E-state index contributed by atoms with van der Waals surface area (Å²) in [5, 5.41) is 3.07. The monoisotopic (exact) mass is 548 g/mol. The number of amides is 2. The number of benzene rings is 2. The highest BCUT2D eigenvalue weighted by Crippen LogP contribution is 2.23. The highest BCUT2D eigenvalue weighted by Gasteiger charge is 2.34. The number of anilines is 1. The van der Waals surface area contributed by atoms with Crippen LogP contribution in [-0.2, 0) is 26.3 Å². The molecule has 2 aromatic carbocycles. The highest BCUT2D eigenvalue weighted by atomic mass is 32.2. The summed E-state index contributed by atoms with van der Waals surface area (Å²) >= 11 is 0. The minimum Gasteiger partial charge on any atom is -0.497 e. The van der Waals surface area contributed by atoms with Crippen molar-refractivity contribution in [3.63, 3.8) is 0 Å². The molecule has 2 aromatic rings. The molecule has 1 saturated carbocycles. The molecule has 1 aliphatic carbocycles. The molecule has 0 bridgehead atoms. The van der Waals surface area contributed by atoms with Gasteiger partial charge in [-0.05, 0) is 61.2 Å². The highest BCUT2D eigenvalue weighted by molar-refractivity contribution is 7.90. The zero-order chi connectivity index (χ0) is 27.9. The first-order chi connectivity index (χ1) is 18.1. The Morgan fingerprint density at radius 3 is 2.18 bits per heavy atom. The Bertz CT molecular complexity index is 1180. The maximum Gasteiger partial charge on any atom is 0.304 e. The molecule has 1 atom stereocenters. The third-order valence-corrected chi connectivity index (χ3v) is 8.55. The van der Waals surface area contributed by atoms with Crippen LogP contribution in [0.4, 0.5) is 10.1 Å². The fourth-order valence-electron chi connectivity index (χ4n) is 4.54. The Hall–Kier alpha value is -3.18. The molecule has 1 aliphatic rings. The van der Waals surface area contributed by atoms with E-state index >= 15 is 0 Å². The van der Waals surface area contributed by atoms with E-state index in [0.717, 1.165) is 52.0 Å². The number of methoxy groups -OCH3 is 1. The zero-order valence-corrected chi connectivity index (χ0v) is 23.2. The molecule has 2 amide bonds. The first-order valence-corrected chi connectivity index (χ1v) is 14.1. The third kappa shape index (κ3) is 7.22. The number of hydrogen-bond acceptors (Lipinski definition) is 5. The number of ether oxygens (including phenoxy) is 1. The lowest BCUT2D eigenvalue weighted by atomic mass is 10.1. The number of rotatable bonds is 12. The van der Waals surface area contributed by atoms with Crippen LogP contribution in [0.25, 0.3) is 0 Å². The van der Waals surface area contributed by atoms with Crippen LogP contribution in [0.1, 0.15) is 44.6 Å². The maximum absolute atomic E-state index is 13.9. The second kappa shape index (κ2) is 13.1. The van der Waals surface area contributed by atoms with Gasteiger partial charge in [-0.15, -0.1) is 0 Å². The molecule has 11 heteroatoms. The van der Waals surface area contributed by atoms with Crippen LogP contribution in [0.2, 0.25) is 0 Å². The summed E-state index contributed by atoms with van der Waals surface area (Å²) in [6, 6.07) is 11.3. The lowest BCUT2D eigenvalue weighted by Crippen LogP contribution is -2.54. The Morgan fingerprint density at radius 2 is 1.66 bits per heavy atom. The lowest BCUT2D eigenvalue weighted by Gasteiger charge is -2.34. The molecule has 3 rings (SSSR count). The van der Waals surface area contributed by atoms with E-state index in [1.54, 1.807) is 31.4 Å². The Labute approximate surface area is 224 Å². The van der Waals surface area contributed by atoms with Crippen molar-refractivity contribution in [2.45, 2.75) is 57.7 Å². The van der Waals surface area contributed by atoms with Gasteiger partial charge < -0.3 is 15.0 Å². The number of nitrogens with zero attached hydrogens (tertiary/aromatic N) is 3. The largest absolute Gasteiger partial charge is 0.497 e. The summed E-state index contributed by atoms with van der Waals surface area (Å²) in [7, 11) is 0.162. The van der Waals surface area contributed by atoms with E-state index in [-0.39, 0.29) is 24.2 Å². The van der Waals surface area contributed by atoms with Crippen LogP contribution in [0, 0.1) is 5.82 Å². The van der Waals surface area contributed by atoms with Crippen molar-refractivity contribution < 1.29 is 27.1 Å². The van der Waals surface area contributed by atoms with Crippen LogP contribution >= 0.6 is 0 Å². The number of halogens is 1. The van der Waals surface area contributed by atoms with Crippen LogP contribution in [0.15, 0.2) is 48.5 Å². The summed E-state index contributed by atoms with van der Waals surface area (Å²) in [4.78, 5) is 28.6. The molecule has 1 N–H and O–H groups in total. The van der Waals surface area contributed by atoms with Gasteiger partial charge in [-0.25, -0.2) is 8.70 Å². The fourth-order valence-corrected chi connectivity index (χ4v) is 5.59. The second-order valence-corrected chi connectivity index (χ2v) is 11.6. The molecule has 1 fully saturated rings. The minimum absolute atomic E-state index is 0.0688. The van der Waals surface area contributed by atoms with Gasteiger partial charge in [-0.3, -0.25) is 9.59 Å². The molecular weight excluding hydrogens is 511 g/mol. The van der Waals surface area contributed by atoms with Crippen LogP contribution in [0.3, 0.4) is 0 Å². The van der Waals surface area contributed by atoms with E-state index in [1.807, 2.05) is 6.92 Å². The molecule has 0 aliphatic heterocycles. The zero-order valence-electron chi connectivity index (χ0n) is 22.4. The molecule has 208 valence electrons. The molecule has 9 nitrogen and oxygen atoms in total. The molecule has 0 heterocycles. The summed E-state index contributed by atoms with van der Waals surface area (Å²) in [5.74, 6) is -0.690. The van der Waals surface area contributed by atoms with Gasteiger partial charge in [0.25, 0.3) is 0 Å². The lowest BCUT2D eigenvalue weighted by molar-refractivity contribution is -0.140. The molecular formula is C27H37FN4O5S. The summed E-state index contributed by atoms with van der Waals surface area (Å²) in [6.07, 6.45) is 4.23. The van der Waals surface area contributed by atoms with Crippen molar-refractivity contribution in [2.75, 3.05) is 32.1 Å². The van der Waals surface area contributed by atoms with E-state index in [4.69, 9.17) is 4.74 Å². The van der Waals surface area contributed by atoms with Gasteiger partial charge in [0.2, 0.25) is 11.8 Å². The van der Waals surface area contributed by atoms with E-state index < -0.39 is 34.5 Å². The van der Waals surface area contributed by atoms with Crippen molar-refractivity contribution in [3.05, 3.63) is 59.9 Å². The van der Waals surface area contributed by atoms with Gasteiger partial charge in [0.05, 0.1) is 12.8 Å². The molecule has 0 aromatic heterocycles. The normalized spacial score (nSPS) is 14.8. The van der Waals surface area contributed by atoms with Gasteiger partial charge in [-0.1, -0.05) is 31.9 Å². The van der Waals surface area contributed by atoms with Crippen molar-refractivity contribution in [1.82, 2.24) is 14.5 Å². The number of hydrogen-bond donors (Lipinski definition) is 1. The topological polar surface area (TPSA) is 99.3 Å². The maximum atomic E-state index is 13.9. The van der Waals surface area contributed by atoms with Crippen molar-refractivity contribution in [1.29, 1.82) is 0 Å². The van der Waals surface area contributed by atoms with Gasteiger partial charge in [0, 0.05) is 26.7 Å². The molecule has 0 radical (unpaired) electrons. The van der Waals surface area contributed by atoms with Crippen molar-refractivity contribution in [2.24, 2.45) is 0 Å². The molecule has 0 saturated heterocycles.